The second kappa shape index (κ2) is 7.62. The number of aromatic hydroxyl groups is 1. The van der Waals surface area contributed by atoms with E-state index in [1.807, 2.05) is 0 Å². The number of carboxylic acids is 1. The van der Waals surface area contributed by atoms with Crippen LogP contribution in [0.25, 0.3) is 0 Å². The number of benzene rings is 2. The molecule has 0 aliphatic rings. The maximum absolute atomic E-state index is 12.2. The third-order valence-electron chi connectivity index (χ3n) is 3.43. The zero-order chi connectivity index (χ0) is 18.1. The van der Waals surface area contributed by atoms with Crippen LogP contribution in [-0.4, -0.2) is 22.5 Å². The normalized spacial score (nSPS) is 12.2. The largest absolute Gasteiger partial charge is 0.573 e. The van der Waals surface area contributed by atoms with Gasteiger partial charge in [-0.25, -0.2) is 4.79 Å². The second-order valence-corrected chi connectivity index (χ2v) is 5.09. The predicted octanol–water partition coefficient (Wildman–Crippen LogP) is 3.77. The summed E-state index contributed by atoms with van der Waals surface area (Å²) in [4.78, 5) is 11.3. The molecular formula is C16H15ClF3NO4. The highest BCUT2D eigenvalue weighted by atomic mass is 35.5. The van der Waals surface area contributed by atoms with E-state index >= 15 is 0 Å². The summed E-state index contributed by atoms with van der Waals surface area (Å²) in [6.07, 6.45) is -4.81. The average molecular weight is 378 g/mol. The number of rotatable bonds is 4. The van der Waals surface area contributed by atoms with Crippen molar-refractivity contribution in [1.82, 2.24) is 0 Å². The summed E-state index contributed by atoms with van der Waals surface area (Å²) in [7, 11) is 0. The first kappa shape index (κ1) is 20.6. The first-order chi connectivity index (χ1) is 11.1. The highest BCUT2D eigenvalue weighted by Crippen LogP contribution is 2.34. The zero-order valence-electron chi connectivity index (χ0n) is 12.9. The minimum Gasteiger partial charge on any atom is -0.507 e. The summed E-state index contributed by atoms with van der Waals surface area (Å²) in [5, 5.41) is 19.4. The summed E-state index contributed by atoms with van der Waals surface area (Å²) in [6.45, 7) is 1.58. The number of aromatic carboxylic acids is 1. The molecule has 0 aromatic heterocycles. The SMILES string of the molecule is Cc1ccc(C(=O)O)c([C@@H](N)c2ccc(OC(F)(F)F)cc2)c1O.Cl. The quantitative estimate of drug-likeness (QED) is 0.754. The lowest BCUT2D eigenvalue weighted by molar-refractivity contribution is -0.274. The van der Waals surface area contributed by atoms with E-state index in [0.717, 1.165) is 12.1 Å². The van der Waals surface area contributed by atoms with Crippen molar-refractivity contribution < 1.29 is 32.9 Å². The summed E-state index contributed by atoms with van der Waals surface area (Å²) in [6, 6.07) is 6.41. The Labute approximate surface area is 147 Å². The molecule has 2 aromatic rings. The van der Waals surface area contributed by atoms with Crippen molar-refractivity contribution in [1.29, 1.82) is 0 Å². The number of halogens is 4. The number of hydrogen-bond donors (Lipinski definition) is 3. The van der Waals surface area contributed by atoms with Gasteiger partial charge in [0.25, 0.3) is 0 Å². The molecule has 5 nitrogen and oxygen atoms in total. The monoisotopic (exact) mass is 377 g/mol. The number of carbonyl (C=O) groups is 1. The van der Waals surface area contributed by atoms with Crippen LogP contribution in [0.2, 0.25) is 0 Å². The van der Waals surface area contributed by atoms with Gasteiger partial charge >= 0.3 is 12.3 Å². The Hall–Kier alpha value is -2.45. The van der Waals surface area contributed by atoms with Crippen molar-refractivity contribution in [2.45, 2.75) is 19.3 Å². The fraction of sp³-hybridized carbons (Fsp3) is 0.188. The van der Waals surface area contributed by atoms with Gasteiger partial charge < -0.3 is 20.7 Å². The zero-order valence-corrected chi connectivity index (χ0v) is 13.7. The van der Waals surface area contributed by atoms with Gasteiger partial charge in [0.1, 0.15) is 11.5 Å². The molecule has 0 saturated heterocycles. The summed E-state index contributed by atoms with van der Waals surface area (Å²) >= 11 is 0. The van der Waals surface area contributed by atoms with Gasteiger partial charge in [0.05, 0.1) is 11.6 Å². The highest BCUT2D eigenvalue weighted by Gasteiger charge is 2.31. The maximum Gasteiger partial charge on any atom is 0.573 e. The van der Waals surface area contributed by atoms with Crippen molar-refractivity contribution in [3.63, 3.8) is 0 Å². The van der Waals surface area contributed by atoms with Gasteiger partial charge in [-0.15, -0.1) is 25.6 Å². The van der Waals surface area contributed by atoms with Crippen LogP contribution >= 0.6 is 12.4 Å². The molecular weight excluding hydrogens is 363 g/mol. The van der Waals surface area contributed by atoms with Gasteiger partial charge in [-0.05, 0) is 36.2 Å². The van der Waals surface area contributed by atoms with Crippen LogP contribution in [0.1, 0.15) is 33.1 Å². The molecule has 0 aliphatic carbocycles. The van der Waals surface area contributed by atoms with E-state index < -0.39 is 24.1 Å². The number of nitrogens with two attached hydrogens (primary N) is 1. The Balaban J connectivity index is 0.00000312. The number of hydrogen-bond acceptors (Lipinski definition) is 4. The number of phenolic OH excluding ortho intramolecular Hbond substituents is 1. The third-order valence-corrected chi connectivity index (χ3v) is 3.43. The van der Waals surface area contributed by atoms with E-state index in [4.69, 9.17) is 5.73 Å². The van der Waals surface area contributed by atoms with E-state index in [9.17, 15) is 28.2 Å². The van der Waals surface area contributed by atoms with Crippen LogP contribution in [-0.2, 0) is 0 Å². The Morgan fingerprint density at radius 1 is 1.16 bits per heavy atom. The molecule has 4 N–H and O–H groups in total. The molecule has 9 heteroatoms. The molecule has 1 atom stereocenters. The summed E-state index contributed by atoms with van der Waals surface area (Å²) in [5.41, 5.74) is 6.59. The molecule has 0 heterocycles. The van der Waals surface area contributed by atoms with Crippen LogP contribution in [0.3, 0.4) is 0 Å². The van der Waals surface area contributed by atoms with E-state index in [1.54, 1.807) is 6.92 Å². The van der Waals surface area contributed by atoms with Crippen molar-refractivity contribution >= 4 is 18.4 Å². The number of phenols is 1. The number of aryl methyl sites for hydroxylation is 1. The van der Waals surface area contributed by atoms with Crippen molar-refractivity contribution in [2.75, 3.05) is 0 Å². The van der Waals surface area contributed by atoms with Crippen LogP contribution < -0.4 is 10.5 Å². The van der Waals surface area contributed by atoms with Gasteiger partial charge in [0.15, 0.2) is 0 Å². The van der Waals surface area contributed by atoms with Gasteiger partial charge in [-0.1, -0.05) is 18.2 Å². The predicted molar refractivity (Wildman–Crippen MR) is 86.2 cm³/mol. The Bertz CT molecular complexity index is 763. The van der Waals surface area contributed by atoms with Gasteiger partial charge in [-0.2, -0.15) is 0 Å². The lowest BCUT2D eigenvalue weighted by atomic mass is 9.92. The lowest BCUT2D eigenvalue weighted by Crippen LogP contribution is -2.18. The van der Waals surface area contributed by atoms with Crippen molar-refractivity contribution in [3.05, 3.63) is 58.7 Å². The summed E-state index contributed by atoms with van der Waals surface area (Å²) < 4.78 is 40.2. The number of ether oxygens (including phenoxy) is 1. The summed E-state index contributed by atoms with van der Waals surface area (Å²) in [5.74, 6) is -1.96. The maximum atomic E-state index is 12.2. The molecule has 0 bridgehead atoms. The van der Waals surface area contributed by atoms with Crippen molar-refractivity contribution in [3.8, 4) is 11.5 Å². The minimum absolute atomic E-state index is 0. The van der Waals surface area contributed by atoms with Crippen molar-refractivity contribution in [2.24, 2.45) is 5.73 Å². The van der Waals surface area contributed by atoms with E-state index in [-0.39, 0.29) is 29.3 Å². The molecule has 0 amide bonds. The van der Waals surface area contributed by atoms with Crippen LogP contribution in [0, 0.1) is 6.92 Å². The molecule has 0 aliphatic heterocycles. The molecule has 0 radical (unpaired) electrons. The molecule has 2 aromatic carbocycles. The molecule has 0 saturated carbocycles. The molecule has 25 heavy (non-hydrogen) atoms. The Morgan fingerprint density at radius 3 is 2.20 bits per heavy atom. The standard InChI is InChI=1S/C16H14F3NO4.ClH/c1-8-2-7-11(15(22)23)12(14(8)21)13(20)9-3-5-10(6-4-9)24-16(17,18)19;/h2-7,13,21H,20H2,1H3,(H,22,23);1H/t13-;/m0./s1. The number of alkyl halides is 3. The first-order valence-electron chi connectivity index (χ1n) is 6.77. The highest BCUT2D eigenvalue weighted by molar-refractivity contribution is 5.91. The van der Waals surface area contributed by atoms with Crippen LogP contribution in [0.4, 0.5) is 13.2 Å². The topological polar surface area (TPSA) is 92.8 Å². The second-order valence-electron chi connectivity index (χ2n) is 5.09. The molecule has 2 rings (SSSR count). The van der Waals surface area contributed by atoms with Crippen LogP contribution in [0.15, 0.2) is 36.4 Å². The Morgan fingerprint density at radius 2 is 1.72 bits per heavy atom. The number of carboxylic acid groups (broad SMARTS) is 1. The van der Waals surface area contributed by atoms with E-state index in [2.05, 4.69) is 4.74 Å². The third kappa shape index (κ3) is 4.77. The fourth-order valence-corrected chi connectivity index (χ4v) is 2.26. The fourth-order valence-electron chi connectivity index (χ4n) is 2.26. The minimum atomic E-state index is -4.81. The molecule has 0 spiro atoms. The smallest absolute Gasteiger partial charge is 0.507 e. The average Bonchev–Trinajstić information content (AvgIpc) is 2.48. The van der Waals surface area contributed by atoms with Crippen LogP contribution in [0.5, 0.6) is 11.5 Å². The molecule has 136 valence electrons. The molecule has 0 fully saturated rings. The molecule has 0 unspecified atom stereocenters. The van der Waals surface area contributed by atoms with Gasteiger partial charge in [0.2, 0.25) is 0 Å². The van der Waals surface area contributed by atoms with E-state index in [0.29, 0.717) is 11.1 Å². The van der Waals surface area contributed by atoms with Gasteiger partial charge in [-0.3, -0.25) is 0 Å². The van der Waals surface area contributed by atoms with Gasteiger partial charge in [0, 0.05) is 5.56 Å². The Kier molecular flexibility index (Phi) is 6.28. The lowest BCUT2D eigenvalue weighted by Gasteiger charge is -2.18. The first-order valence-corrected chi connectivity index (χ1v) is 6.77. The van der Waals surface area contributed by atoms with E-state index in [1.165, 1.54) is 24.3 Å².